The Morgan fingerprint density at radius 1 is 1.50 bits per heavy atom. The van der Waals surface area contributed by atoms with Crippen LogP contribution in [0.25, 0.3) is 11.0 Å². The van der Waals surface area contributed by atoms with E-state index in [9.17, 15) is 0 Å². The molecule has 1 aromatic carbocycles. The number of hydrogen-bond acceptors (Lipinski definition) is 2. The SMILES string of the molecule is CC1CCCc2nc3cc(CO)ccc3n21. The van der Waals surface area contributed by atoms with Crippen LogP contribution in [-0.2, 0) is 13.0 Å². The molecule has 0 amide bonds. The summed E-state index contributed by atoms with van der Waals surface area (Å²) >= 11 is 0. The molecule has 3 heteroatoms. The zero-order valence-corrected chi connectivity index (χ0v) is 9.48. The highest BCUT2D eigenvalue weighted by atomic mass is 16.3. The van der Waals surface area contributed by atoms with Crippen molar-refractivity contribution < 1.29 is 5.11 Å². The van der Waals surface area contributed by atoms with Crippen LogP contribution in [0.5, 0.6) is 0 Å². The Hall–Kier alpha value is -1.35. The molecule has 16 heavy (non-hydrogen) atoms. The van der Waals surface area contributed by atoms with Gasteiger partial charge in [-0.15, -0.1) is 0 Å². The number of aliphatic hydroxyl groups is 1. The fourth-order valence-electron chi connectivity index (χ4n) is 2.65. The predicted molar refractivity (Wildman–Crippen MR) is 63.3 cm³/mol. The molecule has 1 aliphatic rings. The minimum absolute atomic E-state index is 0.0910. The number of fused-ring (bicyclic) bond motifs is 3. The molecule has 0 saturated carbocycles. The first-order valence-electron chi connectivity index (χ1n) is 5.90. The second-order valence-corrected chi connectivity index (χ2v) is 4.62. The van der Waals surface area contributed by atoms with Gasteiger partial charge < -0.3 is 9.67 Å². The number of aliphatic hydroxyl groups excluding tert-OH is 1. The predicted octanol–water partition coefficient (Wildman–Crippen LogP) is 2.43. The van der Waals surface area contributed by atoms with Gasteiger partial charge in [0.2, 0.25) is 0 Å². The van der Waals surface area contributed by atoms with Crippen LogP contribution >= 0.6 is 0 Å². The zero-order valence-electron chi connectivity index (χ0n) is 9.48. The summed E-state index contributed by atoms with van der Waals surface area (Å²) in [5.41, 5.74) is 3.17. The lowest BCUT2D eigenvalue weighted by atomic mass is 10.1. The van der Waals surface area contributed by atoms with Crippen LogP contribution < -0.4 is 0 Å². The molecule has 1 aliphatic heterocycles. The fourth-order valence-corrected chi connectivity index (χ4v) is 2.65. The van der Waals surface area contributed by atoms with Gasteiger partial charge in [0.1, 0.15) is 5.82 Å². The van der Waals surface area contributed by atoms with Crippen LogP contribution in [0.1, 0.15) is 37.2 Å². The van der Waals surface area contributed by atoms with E-state index in [2.05, 4.69) is 22.5 Å². The van der Waals surface area contributed by atoms with Crippen molar-refractivity contribution in [1.29, 1.82) is 0 Å². The summed E-state index contributed by atoms with van der Waals surface area (Å²) < 4.78 is 2.35. The Bertz CT molecular complexity index is 530. The Balaban J connectivity index is 2.24. The number of rotatable bonds is 1. The minimum Gasteiger partial charge on any atom is -0.392 e. The highest BCUT2D eigenvalue weighted by molar-refractivity contribution is 5.77. The number of aryl methyl sites for hydroxylation is 1. The van der Waals surface area contributed by atoms with E-state index in [1.807, 2.05) is 12.1 Å². The monoisotopic (exact) mass is 216 g/mol. The maximum atomic E-state index is 9.12. The smallest absolute Gasteiger partial charge is 0.110 e. The largest absolute Gasteiger partial charge is 0.392 e. The first kappa shape index (κ1) is 9.85. The molecule has 0 saturated heterocycles. The lowest BCUT2D eigenvalue weighted by Crippen LogP contribution is -2.14. The average molecular weight is 216 g/mol. The summed E-state index contributed by atoms with van der Waals surface area (Å²) in [4.78, 5) is 4.66. The zero-order chi connectivity index (χ0) is 11.1. The van der Waals surface area contributed by atoms with Crippen molar-refractivity contribution in [1.82, 2.24) is 9.55 Å². The molecule has 2 heterocycles. The molecule has 3 nitrogen and oxygen atoms in total. The Labute approximate surface area is 94.7 Å². The molecule has 1 unspecified atom stereocenters. The van der Waals surface area contributed by atoms with Gasteiger partial charge in [0.25, 0.3) is 0 Å². The van der Waals surface area contributed by atoms with Crippen LogP contribution in [0.4, 0.5) is 0 Å². The number of hydrogen-bond donors (Lipinski definition) is 1. The van der Waals surface area contributed by atoms with Gasteiger partial charge >= 0.3 is 0 Å². The second-order valence-electron chi connectivity index (χ2n) is 4.62. The highest BCUT2D eigenvalue weighted by Crippen LogP contribution is 2.29. The third-order valence-electron chi connectivity index (χ3n) is 3.47. The molecule has 84 valence electrons. The average Bonchev–Trinajstić information content (AvgIpc) is 2.67. The van der Waals surface area contributed by atoms with Gasteiger partial charge in [0, 0.05) is 12.5 Å². The van der Waals surface area contributed by atoms with Crippen molar-refractivity contribution >= 4 is 11.0 Å². The van der Waals surface area contributed by atoms with Gasteiger partial charge in [-0.1, -0.05) is 6.07 Å². The van der Waals surface area contributed by atoms with Crippen LogP contribution in [0, 0.1) is 0 Å². The number of nitrogens with zero attached hydrogens (tertiary/aromatic N) is 2. The van der Waals surface area contributed by atoms with Crippen molar-refractivity contribution in [2.75, 3.05) is 0 Å². The van der Waals surface area contributed by atoms with Gasteiger partial charge in [0.15, 0.2) is 0 Å². The molecule has 1 N–H and O–H groups in total. The molecule has 0 aliphatic carbocycles. The van der Waals surface area contributed by atoms with Crippen molar-refractivity contribution in [3.8, 4) is 0 Å². The van der Waals surface area contributed by atoms with E-state index >= 15 is 0 Å². The maximum Gasteiger partial charge on any atom is 0.110 e. The van der Waals surface area contributed by atoms with E-state index in [0.717, 1.165) is 17.5 Å². The second kappa shape index (κ2) is 3.59. The van der Waals surface area contributed by atoms with Gasteiger partial charge in [-0.2, -0.15) is 0 Å². The Morgan fingerprint density at radius 3 is 3.19 bits per heavy atom. The molecule has 0 fully saturated rings. The Kier molecular flexibility index (Phi) is 2.21. The van der Waals surface area contributed by atoms with Crippen molar-refractivity contribution in [2.45, 2.75) is 38.8 Å². The van der Waals surface area contributed by atoms with Crippen LogP contribution in [0.3, 0.4) is 0 Å². The van der Waals surface area contributed by atoms with Gasteiger partial charge in [0.05, 0.1) is 17.6 Å². The molecular formula is C13H16N2O. The molecule has 1 atom stereocenters. The first-order chi connectivity index (χ1) is 7.79. The Morgan fingerprint density at radius 2 is 2.38 bits per heavy atom. The summed E-state index contributed by atoms with van der Waals surface area (Å²) in [7, 11) is 0. The minimum atomic E-state index is 0.0910. The highest BCUT2D eigenvalue weighted by Gasteiger charge is 2.19. The van der Waals surface area contributed by atoms with E-state index < -0.39 is 0 Å². The molecular weight excluding hydrogens is 200 g/mol. The van der Waals surface area contributed by atoms with Gasteiger partial charge in [-0.25, -0.2) is 4.98 Å². The molecule has 0 bridgehead atoms. The summed E-state index contributed by atoms with van der Waals surface area (Å²) in [5.74, 6) is 1.20. The van der Waals surface area contributed by atoms with Crippen molar-refractivity contribution in [3.05, 3.63) is 29.6 Å². The fraction of sp³-hybridized carbons (Fsp3) is 0.462. The molecule has 0 spiro atoms. The molecule has 1 aromatic heterocycles. The van der Waals surface area contributed by atoms with Gasteiger partial charge in [-0.05, 0) is 37.5 Å². The van der Waals surface area contributed by atoms with Crippen LogP contribution in [-0.4, -0.2) is 14.7 Å². The summed E-state index contributed by atoms with van der Waals surface area (Å²) in [6.45, 7) is 2.34. The van der Waals surface area contributed by atoms with E-state index in [1.165, 1.54) is 24.2 Å². The topological polar surface area (TPSA) is 38.1 Å². The van der Waals surface area contributed by atoms with E-state index in [0.29, 0.717) is 6.04 Å². The van der Waals surface area contributed by atoms with E-state index in [-0.39, 0.29) is 6.61 Å². The summed E-state index contributed by atoms with van der Waals surface area (Å²) in [6, 6.07) is 6.61. The molecule has 3 rings (SSSR count). The number of benzene rings is 1. The lowest BCUT2D eigenvalue weighted by Gasteiger charge is -2.22. The standard InChI is InChI=1S/C13H16N2O/c1-9-3-2-4-13-14-11-7-10(8-16)5-6-12(11)15(9)13/h5-7,9,16H,2-4,8H2,1H3. The number of aromatic nitrogens is 2. The maximum absolute atomic E-state index is 9.12. The summed E-state index contributed by atoms with van der Waals surface area (Å²) in [6.07, 6.45) is 3.55. The van der Waals surface area contributed by atoms with Crippen molar-refractivity contribution in [3.63, 3.8) is 0 Å². The van der Waals surface area contributed by atoms with Crippen LogP contribution in [0.15, 0.2) is 18.2 Å². The third-order valence-corrected chi connectivity index (χ3v) is 3.47. The van der Waals surface area contributed by atoms with Gasteiger partial charge in [-0.3, -0.25) is 0 Å². The van der Waals surface area contributed by atoms with Crippen molar-refractivity contribution in [2.24, 2.45) is 0 Å². The molecule has 2 aromatic rings. The normalized spacial score (nSPS) is 20.0. The van der Waals surface area contributed by atoms with E-state index in [1.54, 1.807) is 0 Å². The van der Waals surface area contributed by atoms with Crippen LogP contribution in [0.2, 0.25) is 0 Å². The lowest BCUT2D eigenvalue weighted by molar-refractivity contribution is 0.282. The van der Waals surface area contributed by atoms with E-state index in [4.69, 9.17) is 5.11 Å². The molecule has 0 radical (unpaired) electrons. The first-order valence-corrected chi connectivity index (χ1v) is 5.90. The number of imidazole rings is 1. The third kappa shape index (κ3) is 1.35. The quantitative estimate of drug-likeness (QED) is 0.795. The summed E-state index contributed by atoms with van der Waals surface area (Å²) in [5, 5.41) is 9.12.